The Morgan fingerprint density at radius 2 is 1.90 bits per heavy atom. The van der Waals surface area contributed by atoms with Gasteiger partial charge in [0.2, 0.25) is 5.95 Å². The van der Waals surface area contributed by atoms with Gasteiger partial charge in [-0.25, -0.2) is 4.39 Å². The number of rotatable bonds is 2. The second-order valence-corrected chi connectivity index (χ2v) is 7.68. The maximum absolute atomic E-state index is 15.0. The monoisotopic (exact) mass is 432 g/mol. The molecule has 0 spiro atoms. The number of aromatic nitrogens is 5. The molecular weight excluding hydrogens is 419 g/mol. The summed E-state index contributed by atoms with van der Waals surface area (Å²) in [6.07, 6.45) is 2.89. The highest BCUT2D eigenvalue weighted by atomic mass is 35.5. The van der Waals surface area contributed by atoms with Crippen LogP contribution in [-0.2, 0) is 0 Å². The molecule has 0 saturated heterocycles. The minimum Gasteiger partial charge on any atom is -0.480 e. The summed E-state index contributed by atoms with van der Waals surface area (Å²) in [5.74, 6) is 0.715. The first-order valence-corrected chi connectivity index (χ1v) is 9.98. The molecule has 2 aromatic carbocycles. The van der Waals surface area contributed by atoms with Gasteiger partial charge in [-0.2, -0.15) is 4.68 Å². The summed E-state index contributed by atoms with van der Waals surface area (Å²) in [6.45, 7) is 0. The van der Waals surface area contributed by atoms with Gasteiger partial charge in [0, 0.05) is 34.1 Å². The van der Waals surface area contributed by atoms with Crippen molar-refractivity contribution in [1.82, 2.24) is 25.2 Å². The van der Waals surface area contributed by atoms with Crippen molar-refractivity contribution < 1.29 is 9.13 Å². The van der Waals surface area contributed by atoms with Crippen LogP contribution in [0.15, 0.2) is 72.6 Å². The molecule has 0 amide bonds. The van der Waals surface area contributed by atoms with E-state index in [0.29, 0.717) is 22.3 Å². The number of pyridine rings is 1. The number of ether oxygens (including phenoxy) is 1. The van der Waals surface area contributed by atoms with Gasteiger partial charge in [0.25, 0.3) is 0 Å². The molecule has 0 aliphatic carbocycles. The van der Waals surface area contributed by atoms with E-state index in [4.69, 9.17) is 16.3 Å². The minimum absolute atomic E-state index is 0.354. The molecular formula is C22H14ClFN6O. The predicted octanol–water partition coefficient (Wildman–Crippen LogP) is 4.42. The number of hydrogen-bond acceptors (Lipinski definition) is 6. The van der Waals surface area contributed by atoms with E-state index in [1.54, 1.807) is 41.3 Å². The third-order valence-corrected chi connectivity index (χ3v) is 5.74. The van der Waals surface area contributed by atoms with Gasteiger partial charge >= 0.3 is 0 Å². The van der Waals surface area contributed by atoms with E-state index in [1.165, 1.54) is 6.07 Å². The lowest BCUT2D eigenvalue weighted by Gasteiger charge is -2.38. The summed E-state index contributed by atoms with van der Waals surface area (Å²) in [5.41, 5.74) is 3.62. The average molecular weight is 433 g/mol. The summed E-state index contributed by atoms with van der Waals surface area (Å²) in [7, 11) is 0. The zero-order valence-corrected chi connectivity index (χ0v) is 16.7. The van der Waals surface area contributed by atoms with Gasteiger partial charge in [-0.3, -0.25) is 4.98 Å². The standard InChI is InChI=1S/C22H14ClFN6O/c23-13-5-6-17-15(11-13)19-18(21(31-17)12-7-9-25-10-8-12)20(14-3-1-2-4-16(14)24)30-22(26-19)27-28-29-30/h1-11,20-21H,(H,26,27,29)/t20-,21+/m0/s1. The van der Waals surface area contributed by atoms with Crippen LogP contribution in [0.25, 0.3) is 5.70 Å². The molecule has 6 rings (SSSR count). The van der Waals surface area contributed by atoms with Crippen molar-refractivity contribution in [3.63, 3.8) is 0 Å². The molecule has 0 saturated carbocycles. The summed E-state index contributed by atoms with van der Waals surface area (Å²) < 4.78 is 23.0. The molecule has 152 valence electrons. The Hall–Kier alpha value is -3.78. The normalized spacial score (nSPS) is 19.0. The lowest BCUT2D eigenvalue weighted by atomic mass is 9.84. The van der Waals surface area contributed by atoms with Crippen molar-refractivity contribution in [3.8, 4) is 5.75 Å². The van der Waals surface area contributed by atoms with Gasteiger partial charge in [-0.1, -0.05) is 34.9 Å². The first kappa shape index (κ1) is 18.0. The molecule has 4 heterocycles. The van der Waals surface area contributed by atoms with Crippen molar-refractivity contribution in [2.45, 2.75) is 12.1 Å². The van der Waals surface area contributed by atoms with Gasteiger partial charge in [0.1, 0.15) is 23.7 Å². The maximum atomic E-state index is 15.0. The number of benzene rings is 2. The smallest absolute Gasteiger partial charge is 0.248 e. The molecule has 0 bridgehead atoms. The van der Waals surface area contributed by atoms with Gasteiger partial charge < -0.3 is 10.1 Å². The molecule has 2 aromatic heterocycles. The highest BCUT2D eigenvalue weighted by Gasteiger charge is 2.42. The number of nitrogens with zero attached hydrogens (tertiary/aromatic N) is 5. The van der Waals surface area contributed by atoms with Crippen LogP contribution in [-0.4, -0.2) is 25.2 Å². The largest absolute Gasteiger partial charge is 0.480 e. The molecule has 0 fully saturated rings. The number of hydrogen-bond donors (Lipinski definition) is 1. The first-order chi connectivity index (χ1) is 15.2. The number of halogens is 2. The molecule has 2 atom stereocenters. The molecule has 0 unspecified atom stereocenters. The van der Waals surface area contributed by atoms with E-state index < -0.39 is 12.1 Å². The predicted molar refractivity (Wildman–Crippen MR) is 112 cm³/mol. The zero-order valence-electron chi connectivity index (χ0n) is 15.9. The SMILES string of the molecule is Fc1ccccc1[C@H]1C2=C(Nc3nnnn31)c1cc(Cl)ccc1O[C@@H]2c1ccncc1. The average Bonchev–Trinajstić information content (AvgIpc) is 3.27. The summed E-state index contributed by atoms with van der Waals surface area (Å²) in [6, 6.07) is 15.2. The third kappa shape index (κ3) is 2.79. The number of anilines is 1. The molecule has 7 nitrogen and oxygen atoms in total. The van der Waals surface area contributed by atoms with E-state index in [2.05, 4.69) is 25.8 Å². The number of fused-ring (bicyclic) bond motifs is 3. The van der Waals surface area contributed by atoms with E-state index in [-0.39, 0.29) is 5.82 Å². The van der Waals surface area contributed by atoms with Gasteiger partial charge in [0.15, 0.2) is 0 Å². The van der Waals surface area contributed by atoms with Gasteiger partial charge in [0.05, 0.1) is 5.70 Å². The van der Waals surface area contributed by atoms with Crippen LogP contribution in [0.3, 0.4) is 0 Å². The fourth-order valence-corrected chi connectivity index (χ4v) is 4.34. The van der Waals surface area contributed by atoms with Crippen molar-refractivity contribution in [1.29, 1.82) is 0 Å². The van der Waals surface area contributed by atoms with E-state index in [1.807, 2.05) is 24.3 Å². The lowest BCUT2D eigenvalue weighted by Crippen LogP contribution is -2.32. The van der Waals surface area contributed by atoms with Crippen LogP contribution in [0.5, 0.6) is 5.75 Å². The molecule has 4 aromatic rings. The van der Waals surface area contributed by atoms with Crippen LogP contribution < -0.4 is 10.1 Å². The Kier molecular flexibility index (Phi) is 4.00. The number of tetrazole rings is 1. The molecule has 1 N–H and O–H groups in total. The van der Waals surface area contributed by atoms with Gasteiger partial charge in [-0.05, 0) is 52.4 Å². The van der Waals surface area contributed by atoms with E-state index in [9.17, 15) is 0 Å². The molecule has 2 aliphatic rings. The van der Waals surface area contributed by atoms with E-state index >= 15 is 4.39 Å². The molecule has 2 aliphatic heterocycles. The Labute approximate surface area is 181 Å². The van der Waals surface area contributed by atoms with Crippen LogP contribution >= 0.6 is 11.6 Å². The summed E-state index contributed by atoms with van der Waals surface area (Å²) in [5, 5.41) is 15.9. The fraction of sp³-hybridized carbons (Fsp3) is 0.0909. The van der Waals surface area contributed by atoms with Crippen molar-refractivity contribution in [2.75, 3.05) is 5.32 Å². The third-order valence-electron chi connectivity index (χ3n) is 5.50. The van der Waals surface area contributed by atoms with Crippen molar-refractivity contribution in [3.05, 3.63) is 100 Å². The lowest BCUT2D eigenvalue weighted by molar-refractivity contribution is 0.222. The van der Waals surface area contributed by atoms with Gasteiger partial charge in [-0.15, -0.1) is 0 Å². The fourth-order valence-electron chi connectivity index (χ4n) is 4.17. The first-order valence-electron chi connectivity index (χ1n) is 9.60. The maximum Gasteiger partial charge on any atom is 0.248 e. The van der Waals surface area contributed by atoms with Crippen LogP contribution in [0.1, 0.15) is 28.8 Å². The minimum atomic E-state index is -0.618. The Bertz CT molecular complexity index is 1340. The summed E-state index contributed by atoms with van der Waals surface area (Å²) in [4.78, 5) is 4.12. The molecule has 31 heavy (non-hydrogen) atoms. The van der Waals surface area contributed by atoms with E-state index in [0.717, 1.165) is 22.4 Å². The molecule has 9 heteroatoms. The quantitative estimate of drug-likeness (QED) is 0.505. The van der Waals surface area contributed by atoms with Crippen LogP contribution in [0.2, 0.25) is 5.02 Å². The number of nitrogens with one attached hydrogen (secondary N) is 1. The van der Waals surface area contributed by atoms with Crippen molar-refractivity contribution >= 4 is 23.2 Å². The highest BCUT2D eigenvalue weighted by molar-refractivity contribution is 6.30. The summed E-state index contributed by atoms with van der Waals surface area (Å²) >= 11 is 6.30. The topological polar surface area (TPSA) is 77.8 Å². The second-order valence-electron chi connectivity index (χ2n) is 7.25. The highest BCUT2D eigenvalue weighted by Crippen LogP contribution is 2.51. The Morgan fingerprint density at radius 1 is 1.06 bits per heavy atom. The Morgan fingerprint density at radius 3 is 2.74 bits per heavy atom. The Balaban J connectivity index is 1.67. The van der Waals surface area contributed by atoms with Crippen LogP contribution in [0.4, 0.5) is 10.3 Å². The van der Waals surface area contributed by atoms with Crippen LogP contribution in [0, 0.1) is 5.82 Å². The second kappa shape index (κ2) is 6.88. The molecule has 0 radical (unpaired) electrons. The van der Waals surface area contributed by atoms with Crippen molar-refractivity contribution in [2.24, 2.45) is 0 Å². The zero-order chi connectivity index (χ0) is 20.9.